The first kappa shape index (κ1) is 10.6. The van der Waals surface area contributed by atoms with Gasteiger partial charge in [-0.2, -0.15) is 0 Å². The number of aliphatic hydroxyl groups excluding tert-OH is 1. The quantitative estimate of drug-likeness (QED) is 0.313. The molecule has 0 aromatic carbocycles. The molecule has 2 unspecified atom stereocenters. The Morgan fingerprint density at radius 1 is 1.55 bits per heavy atom. The maximum absolute atomic E-state index is 8.57. The van der Waals surface area contributed by atoms with Gasteiger partial charge >= 0.3 is 0 Å². The van der Waals surface area contributed by atoms with Crippen LogP contribution in [-0.4, -0.2) is 28.3 Å². The third-order valence-electron chi connectivity index (χ3n) is 1.37. The second-order valence-electron chi connectivity index (χ2n) is 2.30. The number of nitrogens with zero attached hydrogens (tertiary/aromatic N) is 1. The zero-order valence-corrected chi connectivity index (χ0v) is 7.64. The van der Waals surface area contributed by atoms with Crippen molar-refractivity contribution in [3.63, 3.8) is 0 Å². The van der Waals surface area contributed by atoms with Crippen molar-refractivity contribution in [2.75, 3.05) is 5.94 Å². The average Bonchev–Trinajstić information content (AvgIpc) is 1.86. The highest BCUT2D eigenvalue weighted by Gasteiger charge is 2.10. The number of aliphatic hydroxyl groups is 1. The SMILES string of the molecule is CC(N=C(N)N)C(C)SCO. The molecular formula is C6H15N3OS. The molecule has 5 N–H and O–H groups in total. The fourth-order valence-electron chi connectivity index (χ4n) is 0.597. The Bertz CT molecular complexity index is 136. The van der Waals surface area contributed by atoms with Crippen LogP contribution in [0.2, 0.25) is 0 Å². The fraction of sp³-hybridized carbons (Fsp3) is 0.833. The van der Waals surface area contributed by atoms with Crippen molar-refractivity contribution in [3.05, 3.63) is 0 Å². The first-order valence-electron chi connectivity index (χ1n) is 3.39. The molecule has 0 saturated carbocycles. The van der Waals surface area contributed by atoms with Gasteiger partial charge in [-0.15, -0.1) is 11.8 Å². The number of rotatable bonds is 4. The van der Waals surface area contributed by atoms with Gasteiger partial charge in [-0.3, -0.25) is 0 Å². The van der Waals surface area contributed by atoms with Gasteiger partial charge in [-0.25, -0.2) is 4.99 Å². The van der Waals surface area contributed by atoms with Crippen LogP contribution < -0.4 is 11.5 Å². The maximum Gasteiger partial charge on any atom is 0.186 e. The summed E-state index contributed by atoms with van der Waals surface area (Å²) >= 11 is 1.42. The van der Waals surface area contributed by atoms with Crippen molar-refractivity contribution in [1.82, 2.24) is 0 Å². The van der Waals surface area contributed by atoms with Crippen LogP contribution in [0.3, 0.4) is 0 Å². The molecule has 0 fully saturated rings. The van der Waals surface area contributed by atoms with Crippen LogP contribution in [0.4, 0.5) is 0 Å². The van der Waals surface area contributed by atoms with E-state index in [1.165, 1.54) is 11.8 Å². The summed E-state index contributed by atoms with van der Waals surface area (Å²) in [5, 5.41) is 8.81. The molecule has 0 amide bonds. The van der Waals surface area contributed by atoms with E-state index in [0.29, 0.717) is 0 Å². The van der Waals surface area contributed by atoms with E-state index in [0.717, 1.165) is 0 Å². The van der Waals surface area contributed by atoms with Gasteiger partial charge in [0.2, 0.25) is 0 Å². The van der Waals surface area contributed by atoms with Crippen molar-refractivity contribution in [2.24, 2.45) is 16.5 Å². The molecule has 5 heteroatoms. The monoisotopic (exact) mass is 177 g/mol. The van der Waals surface area contributed by atoms with Crippen LogP contribution in [0.5, 0.6) is 0 Å². The molecule has 0 radical (unpaired) electrons. The highest BCUT2D eigenvalue weighted by molar-refractivity contribution is 7.99. The normalized spacial score (nSPS) is 15.5. The lowest BCUT2D eigenvalue weighted by Gasteiger charge is -2.13. The molecule has 4 nitrogen and oxygen atoms in total. The summed E-state index contributed by atoms with van der Waals surface area (Å²) in [5.41, 5.74) is 10.4. The topological polar surface area (TPSA) is 84.6 Å². The second kappa shape index (κ2) is 5.26. The summed E-state index contributed by atoms with van der Waals surface area (Å²) in [4.78, 5) is 3.94. The van der Waals surface area contributed by atoms with E-state index in [1.54, 1.807) is 0 Å². The molecule has 0 bridgehead atoms. The Kier molecular flexibility index (Phi) is 5.06. The predicted octanol–water partition coefficient (Wildman–Crippen LogP) is -0.280. The lowest BCUT2D eigenvalue weighted by atomic mass is 10.3. The Morgan fingerprint density at radius 3 is 2.45 bits per heavy atom. The highest BCUT2D eigenvalue weighted by Crippen LogP contribution is 2.14. The number of nitrogens with two attached hydrogens (primary N) is 2. The van der Waals surface area contributed by atoms with E-state index in [2.05, 4.69) is 4.99 Å². The third kappa shape index (κ3) is 4.92. The van der Waals surface area contributed by atoms with E-state index < -0.39 is 0 Å². The smallest absolute Gasteiger partial charge is 0.186 e. The van der Waals surface area contributed by atoms with Gasteiger partial charge < -0.3 is 16.6 Å². The van der Waals surface area contributed by atoms with E-state index in [1.807, 2.05) is 13.8 Å². The van der Waals surface area contributed by atoms with E-state index in [9.17, 15) is 0 Å². The minimum atomic E-state index is 0.0529. The minimum absolute atomic E-state index is 0.0529. The molecule has 0 aromatic rings. The lowest BCUT2D eigenvalue weighted by molar-refractivity contribution is 0.374. The van der Waals surface area contributed by atoms with Gasteiger partial charge in [0.1, 0.15) is 0 Å². The average molecular weight is 177 g/mol. The van der Waals surface area contributed by atoms with E-state index in [-0.39, 0.29) is 23.2 Å². The van der Waals surface area contributed by atoms with Crippen LogP contribution in [-0.2, 0) is 0 Å². The zero-order chi connectivity index (χ0) is 8.85. The number of hydrogen-bond acceptors (Lipinski definition) is 3. The third-order valence-corrected chi connectivity index (χ3v) is 2.44. The molecule has 0 aromatic heterocycles. The van der Waals surface area contributed by atoms with Gasteiger partial charge in [-0.1, -0.05) is 6.92 Å². The van der Waals surface area contributed by atoms with Crippen LogP contribution in [0, 0.1) is 0 Å². The van der Waals surface area contributed by atoms with Crippen LogP contribution >= 0.6 is 11.8 Å². The summed E-state index contributed by atoms with van der Waals surface area (Å²) < 4.78 is 0. The zero-order valence-electron chi connectivity index (χ0n) is 6.82. The number of guanidine groups is 1. The maximum atomic E-state index is 8.57. The van der Waals surface area contributed by atoms with Crippen molar-refractivity contribution in [2.45, 2.75) is 25.1 Å². The summed E-state index contributed by atoms with van der Waals surface area (Å²) in [6.45, 7) is 3.88. The lowest BCUT2D eigenvalue weighted by Crippen LogP contribution is -2.27. The highest BCUT2D eigenvalue weighted by atomic mass is 32.2. The number of thioether (sulfide) groups is 1. The summed E-state index contributed by atoms with van der Waals surface area (Å²) in [6, 6.07) is 0.0529. The molecule has 11 heavy (non-hydrogen) atoms. The molecule has 2 atom stereocenters. The number of hydrogen-bond donors (Lipinski definition) is 3. The molecule has 0 heterocycles. The first-order valence-corrected chi connectivity index (χ1v) is 4.44. The van der Waals surface area contributed by atoms with Crippen LogP contribution in [0.15, 0.2) is 4.99 Å². The Hall–Kier alpha value is -0.420. The molecule has 0 saturated heterocycles. The minimum Gasteiger partial charge on any atom is -0.386 e. The summed E-state index contributed by atoms with van der Waals surface area (Å²) in [7, 11) is 0. The van der Waals surface area contributed by atoms with Gasteiger partial charge in [-0.05, 0) is 6.92 Å². The van der Waals surface area contributed by atoms with Crippen molar-refractivity contribution >= 4 is 17.7 Å². The van der Waals surface area contributed by atoms with Gasteiger partial charge in [0.25, 0.3) is 0 Å². The van der Waals surface area contributed by atoms with Crippen molar-refractivity contribution < 1.29 is 5.11 Å². The molecule has 0 aliphatic carbocycles. The van der Waals surface area contributed by atoms with Crippen molar-refractivity contribution in [3.8, 4) is 0 Å². The number of aliphatic imine (C=N–C) groups is 1. The molecule has 0 aliphatic rings. The first-order chi connectivity index (χ1) is 5.07. The predicted molar refractivity (Wildman–Crippen MR) is 49.4 cm³/mol. The molecular weight excluding hydrogens is 162 g/mol. The second-order valence-corrected chi connectivity index (χ2v) is 3.63. The van der Waals surface area contributed by atoms with Crippen molar-refractivity contribution in [1.29, 1.82) is 0 Å². The molecule has 0 aliphatic heterocycles. The van der Waals surface area contributed by atoms with E-state index >= 15 is 0 Å². The Balaban J connectivity index is 3.82. The van der Waals surface area contributed by atoms with Gasteiger partial charge in [0, 0.05) is 5.25 Å². The molecule has 0 rings (SSSR count). The molecule has 66 valence electrons. The standard InChI is InChI=1S/C6H15N3OS/c1-4(9-6(7)8)5(2)11-3-10/h4-5,10H,3H2,1-2H3,(H4,7,8,9). The van der Waals surface area contributed by atoms with Crippen LogP contribution in [0.1, 0.15) is 13.8 Å². The Labute approximate surface area is 71.1 Å². The molecule has 0 spiro atoms. The summed E-state index contributed by atoms with van der Waals surface area (Å²) in [5.74, 6) is 0.203. The Morgan fingerprint density at radius 2 is 2.09 bits per heavy atom. The largest absolute Gasteiger partial charge is 0.386 e. The van der Waals surface area contributed by atoms with E-state index in [4.69, 9.17) is 16.6 Å². The van der Waals surface area contributed by atoms with Gasteiger partial charge in [0.05, 0.1) is 12.0 Å². The summed E-state index contributed by atoms with van der Waals surface area (Å²) in [6.07, 6.45) is 0. The van der Waals surface area contributed by atoms with Crippen LogP contribution in [0.25, 0.3) is 0 Å². The van der Waals surface area contributed by atoms with Gasteiger partial charge in [0.15, 0.2) is 5.96 Å². The fourth-order valence-corrected chi connectivity index (χ4v) is 1.17.